The Labute approximate surface area is 110 Å². The normalized spacial score (nSPS) is 20.9. The lowest BCUT2D eigenvalue weighted by molar-refractivity contribution is 0.304. The molecule has 1 saturated carbocycles. The topological polar surface area (TPSA) is 12.0 Å². The Balaban J connectivity index is 2.07. The van der Waals surface area contributed by atoms with Crippen molar-refractivity contribution in [3.05, 3.63) is 22.4 Å². The zero-order chi connectivity index (χ0) is 12.3. The van der Waals surface area contributed by atoms with E-state index in [0.717, 1.165) is 5.92 Å². The molecule has 1 N–H and O–H groups in total. The van der Waals surface area contributed by atoms with E-state index in [9.17, 15) is 0 Å². The molecule has 0 radical (unpaired) electrons. The fourth-order valence-electron chi connectivity index (χ4n) is 2.69. The molecule has 1 nitrogen and oxygen atoms in total. The summed E-state index contributed by atoms with van der Waals surface area (Å²) in [6.07, 6.45) is 5.65. The van der Waals surface area contributed by atoms with Gasteiger partial charge in [0.15, 0.2) is 0 Å². The van der Waals surface area contributed by atoms with Crippen molar-refractivity contribution in [3.8, 4) is 0 Å². The fourth-order valence-corrected chi connectivity index (χ4v) is 3.56. The van der Waals surface area contributed by atoms with Crippen LogP contribution >= 0.6 is 11.3 Å². The SMILES string of the molecule is CC(C)C(C)NC(c1cccs1)C1CCCC1. The Morgan fingerprint density at radius 3 is 2.47 bits per heavy atom. The monoisotopic (exact) mass is 251 g/mol. The lowest BCUT2D eigenvalue weighted by Crippen LogP contribution is -2.37. The van der Waals surface area contributed by atoms with Crippen LogP contribution in [0.3, 0.4) is 0 Å². The quantitative estimate of drug-likeness (QED) is 0.805. The van der Waals surface area contributed by atoms with Crippen molar-refractivity contribution < 1.29 is 0 Å². The summed E-state index contributed by atoms with van der Waals surface area (Å²) in [7, 11) is 0. The molecule has 2 unspecified atom stereocenters. The van der Waals surface area contributed by atoms with Gasteiger partial charge in [0, 0.05) is 17.0 Å². The lowest BCUT2D eigenvalue weighted by atomic mass is 9.94. The number of rotatable bonds is 5. The highest BCUT2D eigenvalue weighted by Gasteiger charge is 2.28. The predicted molar refractivity (Wildman–Crippen MR) is 76.5 cm³/mol. The zero-order valence-corrected chi connectivity index (χ0v) is 12.1. The first-order chi connectivity index (χ1) is 8.18. The molecule has 2 heteroatoms. The summed E-state index contributed by atoms with van der Waals surface area (Å²) in [5, 5.41) is 6.08. The summed E-state index contributed by atoms with van der Waals surface area (Å²) in [5.74, 6) is 1.56. The number of hydrogen-bond donors (Lipinski definition) is 1. The molecule has 1 fully saturated rings. The van der Waals surface area contributed by atoms with Crippen LogP contribution in [-0.2, 0) is 0 Å². The van der Waals surface area contributed by atoms with E-state index >= 15 is 0 Å². The van der Waals surface area contributed by atoms with Crippen LogP contribution < -0.4 is 5.32 Å². The molecule has 1 aliphatic rings. The highest BCUT2D eigenvalue weighted by atomic mass is 32.1. The second-order valence-corrected chi connectivity index (χ2v) is 6.72. The summed E-state index contributed by atoms with van der Waals surface area (Å²) in [6.45, 7) is 6.93. The number of hydrogen-bond acceptors (Lipinski definition) is 2. The van der Waals surface area contributed by atoms with Crippen LogP contribution in [-0.4, -0.2) is 6.04 Å². The van der Waals surface area contributed by atoms with Gasteiger partial charge in [-0.15, -0.1) is 11.3 Å². The first-order valence-electron chi connectivity index (χ1n) is 6.98. The van der Waals surface area contributed by atoms with Crippen LogP contribution in [0.15, 0.2) is 17.5 Å². The van der Waals surface area contributed by atoms with Crippen molar-refractivity contribution in [3.63, 3.8) is 0 Å². The minimum atomic E-state index is 0.592. The van der Waals surface area contributed by atoms with E-state index in [2.05, 4.69) is 43.6 Å². The van der Waals surface area contributed by atoms with Crippen LogP contribution in [0.4, 0.5) is 0 Å². The molecule has 0 aromatic carbocycles. The summed E-state index contributed by atoms with van der Waals surface area (Å²) >= 11 is 1.91. The van der Waals surface area contributed by atoms with Gasteiger partial charge in [-0.05, 0) is 43.0 Å². The molecule has 2 atom stereocenters. The minimum Gasteiger partial charge on any atom is -0.306 e. The number of thiophene rings is 1. The predicted octanol–water partition coefficient (Wildman–Crippen LogP) is 4.61. The van der Waals surface area contributed by atoms with Gasteiger partial charge in [0.25, 0.3) is 0 Å². The smallest absolute Gasteiger partial charge is 0.0445 e. The molecule has 1 heterocycles. The Bertz CT molecular complexity index is 312. The van der Waals surface area contributed by atoms with E-state index in [1.807, 2.05) is 11.3 Å². The zero-order valence-electron chi connectivity index (χ0n) is 11.3. The third-order valence-corrected chi connectivity index (χ3v) is 5.12. The van der Waals surface area contributed by atoms with Gasteiger partial charge < -0.3 is 5.32 Å². The van der Waals surface area contributed by atoms with Crippen molar-refractivity contribution in [1.82, 2.24) is 5.32 Å². The average molecular weight is 251 g/mol. The van der Waals surface area contributed by atoms with E-state index < -0.39 is 0 Å². The van der Waals surface area contributed by atoms with E-state index in [1.165, 1.54) is 30.6 Å². The third-order valence-electron chi connectivity index (χ3n) is 4.16. The van der Waals surface area contributed by atoms with Crippen LogP contribution in [0.25, 0.3) is 0 Å². The van der Waals surface area contributed by atoms with Gasteiger partial charge in [-0.2, -0.15) is 0 Å². The Morgan fingerprint density at radius 1 is 1.24 bits per heavy atom. The van der Waals surface area contributed by atoms with Crippen LogP contribution in [0.1, 0.15) is 57.4 Å². The average Bonchev–Trinajstić information content (AvgIpc) is 2.98. The van der Waals surface area contributed by atoms with Gasteiger partial charge >= 0.3 is 0 Å². The van der Waals surface area contributed by atoms with E-state index in [-0.39, 0.29) is 0 Å². The van der Waals surface area contributed by atoms with Gasteiger partial charge in [-0.25, -0.2) is 0 Å². The van der Waals surface area contributed by atoms with Crippen molar-refractivity contribution in [1.29, 1.82) is 0 Å². The molecule has 1 aliphatic carbocycles. The molecule has 17 heavy (non-hydrogen) atoms. The summed E-state index contributed by atoms with van der Waals surface area (Å²) in [4.78, 5) is 1.53. The molecular formula is C15H25NS. The second-order valence-electron chi connectivity index (χ2n) is 5.74. The fraction of sp³-hybridized carbons (Fsp3) is 0.733. The van der Waals surface area contributed by atoms with E-state index in [0.29, 0.717) is 18.0 Å². The highest BCUT2D eigenvalue weighted by Crippen LogP contribution is 2.37. The van der Waals surface area contributed by atoms with Gasteiger partial charge in [0.1, 0.15) is 0 Å². The number of nitrogens with one attached hydrogen (secondary N) is 1. The molecule has 2 rings (SSSR count). The standard InChI is InChI=1S/C15H25NS/c1-11(2)12(3)16-15(13-7-4-5-8-13)14-9-6-10-17-14/h6,9-13,15-16H,4-5,7-8H2,1-3H3. The third kappa shape index (κ3) is 3.32. The second kappa shape index (κ2) is 6.01. The summed E-state index contributed by atoms with van der Waals surface area (Å²) in [5.41, 5.74) is 0. The van der Waals surface area contributed by atoms with Crippen molar-refractivity contribution in [2.24, 2.45) is 11.8 Å². The summed E-state index contributed by atoms with van der Waals surface area (Å²) < 4.78 is 0. The Morgan fingerprint density at radius 2 is 1.94 bits per heavy atom. The van der Waals surface area contributed by atoms with Gasteiger partial charge in [-0.1, -0.05) is 32.8 Å². The first-order valence-corrected chi connectivity index (χ1v) is 7.86. The molecule has 1 aromatic heterocycles. The van der Waals surface area contributed by atoms with Crippen LogP contribution in [0.2, 0.25) is 0 Å². The van der Waals surface area contributed by atoms with Crippen LogP contribution in [0.5, 0.6) is 0 Å². The van der Waals surface area contributed by atoms with E-state index in [4.69, 9.17) is 0 Å². The Hall–Kier alpha value is -0.340. The molecule has 96 valence electrons. The summed E-state index contributed by atoms with van der Waals surface area (Å²) in [6, 6.07) is 5.68. The van der Waals surface area contributed by atoms with Crippen LogP contribution in [0, 0.1) is 11.8 Å². The largest absolute Gasteiger partial charge is 0.306 e. The Kier molecular flexibility index (Phi) is 4.63. The van der Waals surface area contributed by atoms with Crippen molar-refractivity contribution in [2.75, 3.05) is 0 Å². The van der Waals surface area contributed by atoms with Gasteiger partial charge in [-0.3, -0.25) is 0 Å². The molecule has 0 amide bonds. The van der Waals surface area contributed by atoms with Gasteiger partial charge in [0.2, 0.25) is 0 Å². The molecule has 0 bridgehead atoms. The van der Waals surface area contributed by atoms with Gasteiger partial charge in [0.05, 0.1) is 0 Å². The molecule has 0 saturated heterocycles. The van der Waals surface area contributed by atoms with Crippen molar-refractivity contribution >= 4 is 11.3 Å². The maximum Gasteiger partial charge on any atom is 0.0445 e. The first kappa shape index (κ1) is 13.1. The maximum atomic E-state index is 3.87. The minimum absolute atomic E-state index is 0.592. The van der Waals surface area contributed by atoms with Crippen molar-refractivity contribution in [2.45, 2.75) is 58.5 Å². The molecular weight excluding hydrogens is 226 g/mol. The molecule has 0 spiro atoms. The van der Waals surface area contributed by atoms with E-state index in [1.54, 1.807) is 0 Å². The molecule has 0 aliphatic heterocycles. The molecule has 1 aromatic rings. The lowest BCUT2D eigenvalue weighted by Gasteiger charge is -2.29. The highest BCUT2D eigenvalue weighted by molar-refractivity contribution is 7.10. The maximum absolute atomic E-state index is 3.87.